The zero-order valence-electron chi connectivity index (χ0n) is 34.7. The molecule has 0 saturated heterocycles. The molecule has 9 heteroatoms. The van der Waals surface area contributed by atoms with Crippen molar-refractivity contribution in [1.29, 1.82) is 0 Å². The molecule has 8 nitrogen and oxygen atoms in total. The minimum Gasteiger partial charge on any atom is -0.462 e. The molecule has 0 fully saturated rings. The summed E-state index contributed by atoms with van der Waals surface area (Å²) < 4.78 is 26.4. The summed E-state index contributed by atoms with van der Waals surface area (Å²) in [6.45, 7) is 3.71. The van der Waals surface area contributed by atoms with Crippen LogP contribution in [0.3, 0.4) is 0 Å². The molecular formula is C44H85O8P. The second-order valence-corrected chi connectivity index (χ2v) is 16.6. The Hall–Kier alpha value is -1.21. The summed E-state index contributed by atoms with van der Waals surface area (Å²) in [5.74, 6) is -0.873. The van der Waals surface area contributed by atoms with Gasteiger partial charge in [0.05, 0.1) is 6.61 Å². The third kappa shape index (κ3) is 43.4. The Morgan fingerprint density at radius 3 is 1.15 bits per heavy atom. The molecule has 1 atom stereocenters. The predicted octanol–water partition coefficient (Wildman–Crippen LogP) is 13.8. The number of esters is 2. The van der Waals surface area contributed by atoms with Gasteiger partial charge in [-0.1, -0.05) is 199 Å². The molecule has 53 heavy (non-hydrogen) atoms. The Kier molecular flexibility index (Phi) is 39.5. The Morgan fingerprint density at radius 2 is 0.792 bits per heavy atom. The number of rotatable bonds is 42. The molecule has 1 unspecified atom stereocenters. The highest BCUT2D eigenvalue weighted by Gasteiger charge is 2.23. The van der Waals surface area contributed by atoms with Crippen molar-refractivity contribution in [2.45, 2.75) is 245 Å². The van der Waals surface area contributed by atoms with Gasteiger partial charge in [0.1, 0.15) is 6.61 Å². The molecule has 0 radical (unpaired) electrons. The van der Waals surface area contributed by atoms with Crippen LogP contribution in [0, 0.1) is 0 Å². The van der Waals surface area contributed by atoms with Crippen LogP contribution in [0.2, 0.25) is 0 Å². The summed E-state index contributed by atoms with van der Waals surface area (Å²) in [4.78, 5) is 42.8. The molecule has 0 aliphatic rings. The maximum absolute atomic E-state index is 12.4. The van der Waals surface area contributed by atoms with E-state index in [0.29, 0.717) is 6.42 Å². The Bertz CT molecular complexity index is 873. The van der Waals surface area contributed by atoms with E-state index in [1.54, 1.807) is 0 Å². The maximum Gasteiger partial charge on any atom is 0.469 e. The van der Waals surface area contributed by atoms with Crippen molar-refractivity contribution >= 4 is 19.8 Å². The Labute approximate surface area is 327 Å². The molecule has 0 aromatic rings. The molecule has 314 valence electrons. The van der Waals surface area contributed by atoms with Crippen molar-refractivity contribution in [3.05, 3.63) is 12.2 Å². The van der Waals surface area contributed by atoms with Gasteiger partial charge in [-0.05, 0) is 38.5 Å². The number of phosphoric ester groups is 1. The molecule has 0 heterocycles. The lowest BCUT2D eigenvalue weighted by atomic mass is 10.0. The van der Waals surface area contributed by atoms with Crippen molar-refractivity contribution in [1.82, 2.24) is 0 Å². The molecule has 0 aromatic carbocycles. The standard InChI is InChI=1S/C44H85O8P/c1-3-5-7-9-11-13-15-17-18-19-20-21-22-23-24-25-26-27-29-31-33-35-37-39-44(46)52-42(41-51-53(47,48)49)40-50-43(45)38-36-34-32-30-28-16-14-12-10-8-6-4-2/h19-20,42H,3-18,21-41H2,1-2H3,(H2,47,48,49)/b20-19-. The van der Waals surface area contributed by atoms with Gasteiger partial charge >= 0.3 is 19.8 Å². The van der Waals surface area contributed by atoms with Crippen LogP contribution in [-0.4, -0.2) is 41.0 Å². The minimum absolute atomic E-state index is 0.216. The Balaban J connectivity index is 3.80. The van der Waals surface area contributed by atoms with E-state index in [2.05, 4.69) is 30.5 Å². The number of unbranched alkanes of at least 4 members (excludes halogenated alkanes) is 30. The highest BCUT2D eigenvalue weighted by atomic mass is 31.2. The molecule has 0 rings (SSSR count). The summed E-state index contributed by atoms with van der Waals surface area (Å²) in [5.41, 5.74) is 0. The monoisotopic (exact) mass is 773 g/mol. The maximum atomic E-state index is 12.4. The zero-order chi connectivity index (χ0) is 38.9. The molecule has 0 spiro atoms. The number of carbonyl (C=O) groups is 2. The van der Waals surface area contributed by atoms with Crippen LogP contribution >= 0.6 is 7.82 Å². The van der Waals surface area contributed by atoms with Gasteiger partial charge in [-0.3, -0.25) is 14.1 Å². The van der Waals surface area contributed by atoms with Crippen molar-refractivity contribution in [3.8, 4) is 0 Å². The van der Waals surface area contributed by atoms with Gasteiger partial charge in [0, 0.05) is 12.8 Å². The van der Waals surface area contributed by atoms with E-state index in [1.165, 1.54) is 167 Å². The number of hydrogen-bond donors (Lipinski definition) is 2. The van der Waals surface area contributed by atoms with Crippen molar-refractivity contribution in [2.75, 3.05) is 13.2 Å². The van der Waals surface area contributed by atoms with Crippen LogP contribution in [0.25, 0.3) is 0 Å². The molecule has 2 N–H and O–H groups in total. The number of hydrogen-bond acceptors (Lipinski definition) is 6. The van der Waals surface area contributed by atoms with Gasteiger partial charge < -0.3 is 19.3 Å². The van der Waals surface area contributed by atoms with Gasteiger partial charge in [0.15, 0.2) is 6.10 Å². The first-order valence-corrected chi connectivity index (χ1v) is 24.0. The van der Waals surface area contributed by atoms with Crippen molar-refractivity contribution < 1.29 is 37.9 Å². The predicted molar refractivity (Wildman–Crippen MR) is 221 cm³/mol. The van der Waals surface area contributed by atoms with Gasteiger partial charge in [-0.25, -0.2) is 4.57 Å². The van der Waals surface area contributed by atoms with Crippen molar-refractivity contribution in [2.24, 2.45) is 0 Å². The minimum atomic E-state index is -4.75. The SMILES string of the molecule is CCCCCCCCCC/C=C\CCCCCCCCCCCCCC(=O)OC(COC(=O)CCCCCCCCCCCCCC)COP(=O)(O)O. The average Bonchev–Trinajstić information content (AvgIpc) is 3.13. The summed E-state index contributed by atoms with van der Waals surface area (Å²) in [6, 6.07) is 0. The normalized spacial score (nSPS) is 12.5. The number of carbonyl (C=O) groups excluding carboxylic acids is 2. The summed E-state index contributed by atoms with van der Waals surface area (Å²) >= 11 is 0. The van der Waals surface area contributed by atoms with E-state index in [4.69, 9.17) is 19.3 Å². The van der Waals surface area contributed by atoms with Crippen LogP contribution in [0.1, 0.15) is 239 Å². The molecule has 0 aliphatic heterocycles. The summed E-state index contributed by atoms with van der Waals surface area (Å²) in [6.07, 6.45) is 45.1. The molecule has 0 saturated carbocycles. The quantitative estimate of drug-likeness (QED) is 0.0272. The van der Waals surface area contributed by atoms with Gasteiger partial charge in [0.2, 0.25) is 0 Å². The van der Waals surface area contributed by atoms with Crippen LogP contribution in [0.15, 0.2) is 12.2 Å². The van der Waals surface area contributed by atoms with Crippen LogP contribution < -0.4 is 0 Å². The van der Waals surface area contributed by atoms with Crippen molar-refractivity contribution in [3.63, 3.8) is 0 Å². The highest BCUT2D eigenvalue weighted by Crippen LogP contribution is 2.36. The van der Waals surface area contributed by atoms with Gasteiger partial charge in [0.25, 0.3) is 0 Å². The number of phosphoric acid groups is 1. The molecule has 0 bridgehead atoms. The van der Waals surface area contributed by atoms with E-state index >= 15 is 0 Å². The second kappa shape index (κ2) is 40.5. The van der Waals surface area contributed by atoms with E-state index < -0.39 is 32.5 Å². The van der Waals surface area contributed by atoms with Gasteiger partial charge in [-0.15, -0.1) is 0 Å². The van der Waals surface area contributed by atoms with E-state index in [0.717, 1.165) is 38.5 Å². The molecular weight excluding hydrogens is 687 g/mol. The fraction of sp³-hybridized carbons (Fsp3) is 0.909. The molecule has 0 aromatic heterocycles. The smallest absolute Gasteiger partial charge is 0.462 e. The van der Waals surface area contributed by atoms with Crippen LogP contribution in [0.5, 0.6) is 0 Å². The summed E-state index contributed by atoms with van der Waals surface area (Å²) in [7, 11) is -4.75. The number of ether oxygens (including phenoxy) is 2. The first kappa shape index (κ1) is 51.8. The van der Waals surface area contributed by atoms with E-state index in [-0.39, 0.29) is 19.4 Å². The third-order valence-corrected chi connectivity index (χ3v) is 10.5. The van der Waals surface area contributed by atoms with Crippen LogP contribution in [0.4, 0.5) is 0 Å². The lowest BCUT2D eigenvalue weighted by Crippen LogP contribution is -2.29. The van der Waals surface area contributed by atoms with E-state index in [9.17, 15) is 14.2 Å². The molecule has 0 aliphatic carbocycles. The first-order chi connectivity index (χ1) is 25.8. The third-order valence-electron chi connectivity index (χ3n) is 10.0. The summed E-state index contributed by atoms with van der Waals surface area (Å²) in [5, 5.41) is 0. The lowest BCUT2D eigenvalue weighted by Gasteiger charge is -2.18. The zero-order valence-corrected chi connectivity index (χ0v) is 35.6. The fourth-order valence-electron chi connectivity index (χ4n) is 6.66. The van der Waals surface area contributed by atoms with E-state index in [1.807, 2.05) is 0 Å². The largest absolute Gasteiger partial charge is 0.469 e. The fourth-order valence-corrected chi connectivity index (χ4v) is 7.02. The Morgan fingerprint density at radius 1 is 0.472 bits per heavy atom. The lowest BCUT2D eigenvalue weighted by molar-refractivity contribution is -0.161. The van der Waals surface area contributed by atoms with Gasteiger partial charge in [-0.2, -0.15) is 0 Å². The average molecular weight is 773 g/mol. The number of allylic oxidation sites excluding steroid dienone is 2. The molecule has 0 amide bonds. The van der Waals surface area contributed by atoms with Crippen LogP contribution in [-0.2, 0) is 28.2 Å². The highest BCUT2D eigenvalue weighted by molar-refractivity contribution is 7.46. The topological polar surface area (TPSA) is 119 Å². The second-order valence-electron chi connectivity index (χ2n) is 15.4. The first-order valence-electron chi connectivity index (χ1n) is 22.5.